The van der Waals surface area contributed by atoms with Crippen molar-refractivity contribution in [1.82, 2.24) is 14.8 Å². The SMILES string of the molecule is COCCn1ncc(Br)c1C(N)c1ncc(Br)cc1Br. The van der Waals surface area contributed by atoms with Crippen molar-refractivity contribution < 1.29 is 4.74 Å². The lowest BCUT2D eigenvalue weighted by molar-refractivity contribution is 0.182. The highest BCUT2D eigenvalue weighted by Crippen LogP contribution is 2.30. The number of ether oxygens (including phenoxy) is 1. The van der Waals surface area contributed by atoms with Gasteiger partial charge in [-0.3, -0.25) is 9.67 Å². The topological polar surface area (TPSA) is 66.0 Å². The van der Waals surface area contributed by atoms with Crippen LogP contribution in [0.25, 0.3) is 0 Å². The Kier molecular flexibility index (Phi) is 5.74. The van der Waals surface area contributed by atoms with Crippen LogP contribution in [0.1, 0.15) is 17.4 Å². The van der Waals surface area contributed by atoms with Crippen LogP contribution in [0.3, 0.4) is 0 Å². The van der Waals surface area contributed by atoms with Gasteiger partial charge in [0.2, 0.25) is 0 Å². The van der Waals surface area contributed by atoms with Gasteiger partial charge in [0.15, 0.2) is 0 Å². The van der Waals surface area contributed by atoms with Crippen molar-refractivity contribution in [2.24, 2.45) is 5.73 Å². The maximum atomic E-state index is 6.35. The van der Waals surface area contributed by atoms with Crippen molar-refractivity contribution in [3.63, 3.8) is 0 Å². The van der Waals surface area contributed by atoms with Gasteiger partial charge in [0.1, 0.15) is 0 Å². The molecule has 0 spiro atoms. The number of nitrogens with zero attached hydrogens (tertiary/aromatic N) is 3. The predicted molar refractivity (Wildman–Crippen MR) is 87.5 cm³/mol. The van der Waals surface area contributed by atoms with Gasteiger partial charge in [-0.25, -0.2) is 0 Å². The Morgan fingerprint density at radius 2 is 2.05 bits per heavy atom. The number of halogens is 3. The molecule has 2 N–H and O–H groups in total. The molecule has 0 fully saturated rings. The number of rotatable bonds is 5. The lowest BCUT2D eigenvalue weighted by atomic mass is 10.1. The Balaban J connectivity index is 2.37. The maximum Gasteiger partial charge on any atom is 0.0920 e. The Morgan fingerprint density at radius 1 is 1.30 bits per heavy atom. The lowest BCUT2D eigenvalue weighted by Gasteiger charge is -2.16. The van der Waals surface area contributed by atoms with E-state index in [4.69, 9.17) is 10.5 Å². The van der Waals surface area contributed by atoms with Crippen LogP contribution >= 0.6 is 47.8 Å². The summed E-state index contributed by atoms with van der Waals surface area (Å²) >= 11 is 10.4. The molecule has 1 unspecified atom stereocenters. The number of aromatic nitrogens is 3. The molecule has 8 heteroatoms. The number of pyridine rings is 1. The second-order valence-corrected chi connectivity index (χ2v) is 6.72. The first-order chi connectivity index (χ1) is 9.54. The van der Waals surface area contributed by atoms with Crippen molar-refractivity contribution in [1.29, 1.82) is 0 Å². The van der Waals surface area contributed by atoms with Crippen LogP contribution in [-0.4, -0.2) is 28.5 Å². The highest BCUT2D eigenvalue weighted by atomic mass is 79.9. The van der Waals surface area contributed by atoms with Gasteiger partial charge in [0.05, 0.1) is 41.3 Å². The monoisotopic (exact) mass is 466 g/mol. The average Bonchev–Trinajstić information content (AvgIpc) is 2.77. The quantitative estimate of drug-likeness (QED) is 0.731. The van der Waals surface area contributed by atoms with Crippen LogP contribution in [0, 0.1) is 0 Å². The van der Waals surface area contributed by atoms with E-state index in [1.165, 1.54) is 0 Å². The van der Waals surface area contributed by atoms with Crippen molar-refractivity contribution in [2.45, 2.75) is 12.6 Å². The number of methoxy groups -OCH3 is 1. The standard InChI is InChI=1S/C12H13Br3N4O/c1-20-3-2-19-12(9(15)6-18-19)10(16)11-8(14)4-7(13)5-17-11/h4-6,10H,2-3,16H2,1H3. The summed E-state index contributed by atoms with van der Waals surface area (Å²) in [5, 5.41) is 4.30. The molecule has 0 saturated heterocycles. The van der Waals surface area contributed by atoms with E-state index in [-0.39, 0.29) is 6.04 Å². The number of hydrogen-bond acceptors (Lipinski definition) is 4. The summed E-state index contributed by atoms with van der Waals surface area (Å²) in [6.45, 7) is 1.21. The van der Waals surface area contributed by atoms with Crippen molar-refractivity contribution in [3.05, 3.63) is 43.3 Å². The molecule has 0 radical (unpaired) electrons. The van der Waals surface area contributed by atoms with E-state index in [0.717, 1.165) is 24.8 Å². The molecule has 108 valence electrons. The zero-order chi connectivity index (χ0) is 14.7. The zero-order valence-corrected chi connectivity index (χ0v) is 15.4. The van der Waals surface area contributed by atoms with Crippen molar-refractivity contribution in [2.75, 3.05) is 13.7 Å². The molecule has 0 bridgehead atoms. The first kappa shape index (κ1) is 16.1. The van der Waals surface area contributed by atoms with Gasteiger partial charge >= 0.3 is 0 Å². The minimum atomic E-state index is -0.383. The fourth-order valence-electron chi connectivity index (χ4n) is 1.82. The maximum absolute atomic E-state index is 6.35. The van der Waals surface area contributed by atoms with Gasteiger partial charge in [-0.1, -0.05) is 0 Å². The van der Waals surface area contributed by atoms with E-state index < -0.39 is 0 Å². The molecular weight excluding hydrogens is 456 g/mol. The summed E-state index contributed by atoms with van der Waals surface area (Å²) in [5.41, 5.74) is 7.98. The van der Waals surface area contributed by atoms with E-state index in [2.05, 4.69) is 57.9 Å². The van der Waals surface area contributed by atoms with Gasteiger partial charge in [-0.2, -0.15) is 5.10 Å². The lowest BCUT2D eigenvalue weighted by Crippen LogP contribution is -2.21. The molecule has 2 heterocycles. The molecule has 5 nitrogen and oxygen atoms in total. The first-order valence-corrected chi connectivity index (χ1v) is 8.19. The smallest absolute Gasteiger partial charge is 0.0920 e. The van der Waals surface area contributed by atoms with E-state index in [1.54, 1.807) is 19.5 Å². The van der Waals surface area contributed by atoms with E-state index in [1.807, 2.05) is 10.7 Å². The molecule has 0 aliphatic rings. The van der Waals surface area contributed by atoms with Gasteiger partial charge < -0.3 is 10.5 Å². The average molecular weight is 469 g/mol. The summed E-state index contributed by atoms with van der Waals surface area (Å²) < 4.78 is 9.52. The molecule has 20 heavy (non-hydrogen) atoms. The third-order valence-electron chi connectivity index (χ3n) is 2.77. The second-order valence-electron chi connectivity index (χ2n) is 4.09. The molecule has 1 atom stereocenters. The van der Waals surface area contributed by atoms with Crippen LogP contribution < -0.4 is 5.73 Å². The second kappa shape index (κ2) is 7.13. The molecule has 0 aliphatic carbocycles. The van der Waals surface area contributed by atoms with Crippen LogP contribution in [0.15, 0.2) is 31.9 Å². The van der Waals surface area contributed by atoms with Crippen LogP contribution in [0.2, 0.25) is 0 Å². The van der Waals surface area contributed by atoms with Gasteiger partial charge in [0.25, 0.3) is 0 Å². The van der Waals surface area contributed by atoms with E-state index in [9.17, 15) is 0 Å². The Bertz CT molecular complexity index is 602. The fraction of sp³-hybridized carbons (Fsp3) is 0.333. The largest absolute Gasteiger partial charge is 0.383 e. The predicted octanol–water partition coefficient (Wildman–Crippen LogP) is 3.26. The van der Waals surface area contributed by atoms with E-state index >= 15 is 0 Å². The number of nitrogens with two attached hydrogens (primary N) is 1. The van der Waals surface area contributed by atoms with Gasteiger partial charge in [-0.05, 0) is 53.9 Å². The summed E-state index contributed by atoms with van der Waals surface area (Å²) in [4.78, 5) is 4.38. The Hall–Kier alpha value is -0.280. The summed E-state index contributed by atoms with van der Waals surface area (Å²) in [5.74, 6) is 0. The minimum absolute atomic E-state index is 0.383. The molecule has 2 aromatic rings. The van der Waals surface area contributed by atoms with Crippen LogP contribution in [0.5, 0.6) is 0 Å². The van der Waals surface area contributed by atoms with Gasteiger partial charge in [0, 0.05) is 22.3 Å². The fourth-order valence-corrected chi connectivity index (χ4v) is 3.60. The van der Waals surface area contributed by atoms with Crippen LogP contribution in [-0.2, 0) is 11.3 Å². The molecular formula is C12H13Br3N4O. The van der Waals surface area contributed by atoms with Crippen molar-refractivity contribution in [3.8, 4) is 0 Å². The molecule has 0 amide bonds. The van der Waals surface area contributed by atoms with Crippen LogP contribution in [0.4, 0.5) is 0 Å². The third kappa shape index (κ3) is 3.48. The molecule has 2 aromatic heterocycles. The van der Waals surface area contributed by atoms with Crippen molar-refractivity contribution >= 4 is 47.8 Å². The Morgan fingerprint density at radius 3 is 2.70 bits per heavy atom. The zero-order valence-electron chi connectivity index (χ0n) is 10.7. The summed E-state index contributed by atoms with van der Waals surface area (Å²) in [6, 6.07) is 1.54. The number of hydrogen-bond donors (Lipinski definition) is 1. The summed E-state index contributed by atoms with van der Waals surface area (Å²) in [7, 11) is 1.66. The molecule has 2 rings (SSSR count). The third-order valence-corrected chi connectivity index (χ3v) is 4.45. The molecule has 0 aliphatic heterocycles. The van der Waals surface area contributed by atoms with Gasteiger partial charge in [-0.15, -0.1) is 0 Å². The summed E-state index contributed by atoms with van der Waals surface area (Å²) in [6.07, 6.45) is 3.46. The highest BCUT2D eigenvalue weighted by molar-refractivity contribution is 9.11. The molecule has 0 aromatic carbocycles. The van der Waals surface area contributed by atoms with E-state index in [0.29, 0.717) is 13.2 Å². The minimum Gasteiger partial charge on any atom is -0.383 e. The highest BCUT2D eigenvalue weighted by Gasteiger charge is 2.21. The normalized spacial score (nSPS) is 12.7. The first-order valence-electron chi connectivity index (χ1n) is 5.81. The molecule has 0 saturated carbocycles. The Labute approximate surface area is 142 Å².